The number of likely N-dealkylation sites (tertiary alicyclic amines) is 1. The Morgan fingerprint density at radius 1 is 1.35 bits per heavy atom. The smallest absolute Gasteiger partial charge is 0.321 e. The molecule has 1 saturated carbocycles. The Morgan fingerprint density at radius 3 is 2.74 bits per heavy atom. The molecule has 5 nitrogen and oxygen atoms in total. The molecule has 0 bridgehead atoms. The third-order valence-corrected chi connectivity index (χ3v) is 5.44. The lowest BCUT2D eigenvalue weighted by Gasteiger charge is -2.23. The number of rotatable bonds is 2. The summed E-state index contributed by atoms with van der Waals surface area (Å²) in [7, 11) is 0. The molecule has 0 unspecified atom stereocenters. The van der Waals surface area contributed by atoms with Gasteiger partial charge in [-0.25, -0.2) is 13.6 Å². The molecule has 0 radical (unpaired) electrons. The zero-order valence-corrected chi connectivity index (χ0v) is 13.7. The van der Waals surface area contributed by atoms with Crippen molar-refractivity contribution in [3.8, 4) is 0 Å². The summed E-state index contributed by atoms with van der Waals surface area (Å²) in [5.74, 6) is -2.60. The lowest BCUT2D eigenvalue weighted by Crippen LogP contribution is -2.38. The summed E-state index contributed by atoms with van der Waals surface area (Å²) < 4.78 is 27.0. The normalized spacial score (nSPS) is 26.2. The van der Waals surface area contributed by atoms with Crippen molar-refractivity contribution in [2.75, 3.05) is 18.4 Å². The van der Waals surface area contributed by atoms with E-state index in [1.165, 1.54) is 4.90 Å². The number of benzene rings is 1. The largest absolute Gasteiger partial charge is 0.481 e. The number of aliphatic carboxylic acids is 1. The molecule has 1 aliphatic carbocycles. The molecule has 1 aliphatic heterocycles. The number of carboxylic acids is 1. The average Bonchev–Trinajstić information content (AvgIpc) is 3.02. The van der Waals surface area contributed by atoms with Crippen molar-refractivity contribution in [3.63, 3.8) is 0 Å². The van der Waals surface area contributed by atoms with E-state index in [0.29, 0.717) is 19.0 Å². The van der Waals surface area contributed by atoms with Crippen molar-refractivity contribution in [2.45, 2.75) is 19.3 Å². The Hall–Kier alpha value is -1.70. The van der Waals surface area contributed by atoms with E-state index in [0.717, 1.165) is 18.9 Å². The number of urea groups is 1. The van der Waals surface area contributed by atoms with E-state index < -0.39 is 29.0 Å². The van der Waals surface area contributed by atoms with Crippen LogP contribution in [0.5, 0.6) is 0 Å². The van der Waals surface area contributed by atoms with Gasteiger partial charge in [-0.05, 0) is 40.8 Å². The lowest BCUT2D eigenvalue weighted by atomic mass is 9.81. The highest BCUT2D eigenvalue weighted by molar-refractivity contribution is 9.10. The summed E-state index contributed by atoms with van der Waals surface area (Å²) in [5.41, 5.74) is -1.04. The zero-order valence-electron chi connectivity index (χ0n) is 12.1. The van der Waals surface area contributed by atoms with Gasteiger partial charge in [0.1, 0.15) is 11.6 Å². The molecular formula is C15H15BrF2N2O3. The van der Waals surface area contributed by atoms with Gasteiger partial charge in [0.05, 0.1) is 15.6 Å². The summed E-state index contributed by atoms with van der Waals surface area (Å²) >= 11 is 2.94. The fourth-order valence-electron chi connectivity index (χ4n) is 3.61. The molecule has 1 heterocycles. The zero-order chi connectivity index (χ0) is 16.8. The van der Waals surface area contributed by atoms with Gasteiger partial charge in [-0.3, -0.25) is 4.79 Å². The van der Waals surface area contributed by atoms with Gasteiger partial charge in [-0.2, -0.15) is 0 Å². The van der Waals surface area contributed by atoms with E-state index in [1.807, 2.05) is 0 Å². The van der Waals surface area contributed by atoms with Crippen LogP contribution in [0.25, 0.3) is 0 Å². The van der Waals surface area contributed by atoms with E-state index in [-0.39, 0.29) is 22.6 Å². The van der Waals surface area contributed by atoms with Gasteiger partial charge in [0.15, 0.2) is 0 Å². The van der Waals surface area contributed by atoms with Crippen molar-refractivity contribution in [2.24, 2.45) is 11.3 Å². The molecule has 8 heteroatoms. The van der Waals surface area contributed by atoms with Crippen LogP contribution in [0.3, 0.4) is 0 Å². The highest BCUT2D eigenvalue weighted by Gasteiger charge is 2.55. The number of carbonyl (C=O) groups is 2. The predicted octanol–water partition coefficient (Wildman–Crippen LogP) is 3.45. The molecule has 2 N–H and O–H groups in total. The average molecular weight is 389 g/mol. The van der Waals surface area contributed by atoms with E-state index >= 15 is 0 Å². The Balaban J connectivity index is 1.76. The first-order chi connectivity index (χ1) is 10.8. The van der Waals surface area contributed by atoms with Crippen LogP contribution in [-0.4, -0.2) is 35.1 Å². The molecular weight excluding hydrogens is 374 g/mol. The molecule has 2 aliphatic rings. The van der Waals surface area contributed by atoms with E-state index in [1.54, 1.807) is 0 Å². The van der Waals surface area contributed by atoms with Crippen LogP contribution in [0.2, 0.25) is 0 Å². The van der Waals surface area contributed by atoms with Crippen LogP contribution in [0.1, 0.15) is 19.3 Å². The number of nitrogens with zero attached hydrogens (tertiary/aromatic N) is 1. The van der Waals surface area contributed by atoms with Crippen molar-refractivity contribution >= 4 is 33.6 Å². The molecule has 2 atom stereocenters. The second kappa shape index (κ2) is 5.74. The van der Waals surface area contributed by atoms with Crippen LogP contribution < -0.4 is 5.32 Å². The summed E-state index contributed by atoms with van der Waals surface area (Å²) in [6.07, 6.45) is 2.16. The number of carboxylic acid groups (broad SMARTS) is 1. The molecule has 3 rings (SSSR count). The van der Waals surface area contributed by atoms with E-state index in [2.05, 4.69) is 21.2 Å². The minimum atomic E-state index is -0.890. The van der Waals surface area contributed by atoms with Gasteiger partial charge in [-0.15, -0.1) is 0 Å². The molecule has 1 saturated heterocycles. The molecule has 2 amide bonds. The minimum Gasteiger partial charge on any atom is -0.481 e. The first-order valence-electron chi connectivity index (χ1n) is 7.27. The molecule has 1 aromatic rings. The fourth-order valence-corrected chi connectivity index (χ4v) is 3.95. The highest BCUT2D eigenvalue weighted by atomic mass is 79.9. The number of nitrogens with one attached hydrogen (secondary N) is 1. The highest BCUT2D eigenvalue weighted by Crippen LogP contribution is 2.49. The molecule has 0 aromatic heterocycles. The lowest BCUT2D eigenvalue weighted by molar-refractivity contribution is -0.149. The summed E-state index contributed by atoms with van der Waals surface area (Å²) in [6.45, 7) is 0.449. The molecule has 23 heavy (non-hydrogen) atoms. The maximum atomic E-state index is 13.7. The SMILES string of the molecule is O=C(Nc1cc(Br)c(F)cc1F)N1C[C@@H]2CCC[C@@]2(C(=O)O)C1. The van der Waals surface area contributed by atoms with Crippen LogP contribution in [0, 0.1) is 23.0 Å². The number of amides is 2. The third-order valence-electron chi connectivity index (χ3n) is 4.84. The molecule has 2 fully saturated rings. The monoisotopic (exact) mass is 388 g/mol. The minimum absolute atomic E-state index is 0.0366. The van der Waals surface area contributed by atoms with Gasteiger partial charge < -0.3 is 15.3 Å². The quantitative estimate of drug-likeness (QED) is 0.762. The third kappa shape index (κ3) is 2.69. The maximum absolute atomic E-state index is 13.7. The van der Waals surface area contributed by atoms with Crippen molar-refractivity contribution < 1.29 is 23.5 Å². The van der Waals surface area contributed by atoms with Gasteiger partial charge >= 0.3 is 12.0 Å². The Kier molecular flexibility index (Phi) is 4.03. The Morgan fingerprint density at radius 2 is 2.09 bits per heavy atom. The predicted molar refractivity (Wildman–Crippen MR) is 82.1 cm³/mol. The first kappa shape index (κ1) is 16.2. The molecule has 0 spiro atoms. The number of hydrogen-bond donors (Lipinski definition) is 2. The van der Waals surface area contributed by atoms with Crippen LogP contribution in [0.15, 0.2) is 16.6 Å². The maximum Gasteiger partial charge on any atom is 0.321 e. The number of fused-ring (bicyclic) bond motifs is 1. The summed E-state index contributed by atoms with van der Waals surface area (Å²) in [6, 6.07) is 1.25. The van der Waals surface area contributed by atoms with Gasteiger partial charge in [-0.1, -0.05) is 6.42 Å². The van der Waals surface area contributed by atoms with Gasteiger partial charge in [0, 0.05) is 19.2 Å². The van der Waals surface area contributed by atoms with E-state index in [4.69, 9.17) is 0 Å². The topological polar surface area (TPSA) is 69.6 Å². The fraction of sp³-hybridized carbons (Fsp3) is 0.467. The molecule has 124 valence electrons. The first-order valence-corrected chi connectivity index (χ1v) is 8.06. The number of carbonyl (C=O) groups excluding carboxylic acids is 1. The summed E-state index contributed by atoms with van der Waals surface area (Å²) in [5, 5.41) is 11.9. The van der Waals surface area contributed by atoms with Crippen LogP contribution >= 0.6 is 15.9 Å². The number of halogens is 3. The van der Waals surface area contributed by atoms with Crippen LogP contribution in [-0.2, 0) is 4.79 Å². The summed E-state index contributed by atoms with van der Waals surface area (Å²) in [4.78, 5) is 25.3. The number of hydrogen-bond acceptors (Lipinski definition) is 2. The second-order valence-corrected chi connectivity index (χ2v) is 6.96. The van der Waals surface area contributed by atoms with Crippen molar-refractivity contribution in [3.05, 3.63) is 28.2 Å². The number of anilines is 1. The second-order valence-electron chi connectivity index (χ2n) is 6.11. The van der Waals surface area contributed by atoms with Crippen molar-refractivity contribution in [1.29, 1.82) is 0 Å². The van der Waals surface area contributed by atoms with Gasteiger partial charge in [0.2, 0.25) is 0 Å². The molecule has 1 aromatic carbocycles. The van der Waals surface area contributed by atoms with Crippen molar-refractivity contribution in [1.82, 2.24) is 4.90 Å². The van der Waals surface area contributed by atoms with Gasteiger partial charge in [0.25, 0.3) is 0 Å². The Labute approximate surface area is 139 Å². The standard InChI is InChI=1S/C15H15BrF2N2O3/c16-9-4-12(11(18)5-10(9)17)19-14(23)20-6-8-2-1-3-15(8,7-20)13(21)22/h4-5,8H,1-3,6-7H2,(H,19,23)(H,21,22)/t8-,15+/m0/s1. The van der Waals surface area contributed by atoms with Crippen LogP contribution in [0.4, 0.5) is 19.3 Å². The Bertz CT molecular complexity index is 685. The van der Waals surface area contributed by atoms with E-state index in [9.17, 15) is 23.5 Å².